The Morgan fingerprint density at radius 3 is 2.75 bits per heavy atom. The van der Waals surface area contributed by atoms with Crippen molar-refractivity contribution in [2.24, 2.45) is 22.7 Å². The largest absolute Gasteiger partial charge is 0.394 e. The van der Waals surface area contributed by atoms with Crippen LogP contribution in [0.3, 0.4) is 0 Å². The number of hydrogen-bond donors (Lipinski definition) is 3. The third-order valence-corrected chi connectivity index (χ3v) is 6.60. The molecule has 2 aliphatic carbocycles. The van der Waals surface area contributed by atoms with E-state index in [0.717, 1.165) is 24.6 Å². The number of likely N-dealkylation sites (tertiary alicyclic amines) is 1. The van der Waals surface area contributed by atoms with Gasteiger partial charge in [0.2, 0.25) is 0 Å². The molecule has 2 aliphatic heterocycles. The fraction of sp³-hybridized carbons (Fsp3) is 0.944. The highest BCUT2D eigenvalue weighted by Gasteiger charge is 2.50. The molecule has 6 heteroatoms. The zero-order valence-corrected chi connectivity index (χ0v) is 15.2. The Kier molecular flexibility index (Phi) is 4.58. The Hall–Kier alpha value is -0.690. The van der Waals surface area contributed by atoms with Crippen molar-refractivity contribution in [3.8, 4) is 0 Å². The van der Waals surface area contributed by atoms with Gasteiger partial charge in [0.25, 0.3) is 0 Å². The number of nitrogens with zero attached hydrogens (tertiary/aromatic N) is 2. The lowest BCUT2D eigenvalue weighted by Gasteiger charge is -2.31. The first kappa shape index (κ1) is 16.8. The lowest BCUT2D eigenvalue weighted by atomic mass is 10.1. The van der Waals surface area contributed by atoms with Gasteiger partial charge in [-0.05, 0) is 58.4 Å². The first-order valence-electron chi connectivity index (χ1n) is 9.74. The topological polar surface area (TPSA) is 74.9 Å². The summed E-state index contributed by atoms with van der Waals surface area (Å²) in [5.74, 6) is 1.35. The monoisotopic (exact) mass is 335 g/mol. The summed E-state index contributed by atoms with van der Waals surface area (Å²) in [5.41, 5.74) is 7.54. The van der Waals surface area contributed by atoms with Crippen LogP contribution in [0.5, 0.6) is 0 Å². The predicted molar refractivity (Wildman–Crippen MR) is 96.0 cm³/mol. The number of fused-ring (bicyclic) bond motifs is 4. The highest BCUT2D eigenvalue weighted by atomic mass is 16.6. The maximum absolute atomic E-state index is 6.38. The first-order chi connectivity index (χ1) is 11.5. The van der Waals surface area contributed by atoms with Gasteiger partial charge >= 0.3 is 0 Å². The molecule has 2 heterocycles. The van der Waals surface area contributed by atoms with E-state index in [2.05, 4.69) is 41.5 Å². The molecule has 4 N–H and O–H groups in total. The Labute approximate surface area is 145 Å². The minimum Gasteiger partial charge on any atom is -0.394 e. The number of nitrogens with two attached hydrogens (primary N) is 1. The molecule has 4 aliphatic rings. The van der Waals surface area contributed by atoms with Crippen molar-refractivity contribution in [2.45, 2.75) is 76.3 Å². The van der Waals surface area contributed by atoms with Gasteiger partial charge in [-0.25, -0.2) is 0 Å². The average Bonchev–Trinajstić information content (AvgIpc) is 3.28. The molecule has 0 aromatic heterocycles. The van der Waals surface area contributed by atoms with Gasteiger partial charge in [0.1, 0.15) is 6.61 Å². The fourth-order valence-corrected chi connectivity index (χ4v) is 5.31. The summed E-state index contributed by atoms with van der Waals surface area (Å²) in [6, 6.07) is 2.63. The summed E-state index contributed by atoms with van der Waals surface area (Å²) in [7, 11) is 0. The van der Waals surface area contributed by atoms with Gasteiger partial charge in [-0.1, -0.05) is 5.16 Å². The standard InChI is InChI=1S/C18H33N5O/c1-10(2)23-8-13-6-15(18(23)16(13)19)22-24-9-11(3)21-17-12-4-5-14(17)20-7-12/h10-14,16-18,20-21H,4-9,19H2,1-3H3/b22-15+. The van der Waals surface area contributed by atoms with Crippen LogP contribution in [0.15, 0.2) is 5.16 Å². The Morgan fingerprint density at radius 1 is 1.33 bits per heavy atom. The van der Waals surface area contributed by atoms with E-state index in [9.17, 15) is 0 Å². The Bertz CT molecular complexity index is 476. The number of rotatable bonds is 6. The molecule has 4 fully saturated rings. The van der Waals surface area contributed by atoms with Crippen LogP contribution in [0.1, 0.15) is 40.0 Å². The zero-order chi connectivity index (χ0) is 16.8. The van der Waals surface area contributed by atoms with E-state index >= 15 is 0 Å². The lowest BCUT2D eigenvalue weighted by Crippen LogP contribution is -2.46. The predicted octanol–water partition coefficient (Wildman–Crippen LogP) is 0.527. The van der Waals surface area contributed by atoms with Gasteiger partial charge in [0.05, 0.1) is 11.8 Å². The van der Waals surface area contributed by atoms with E-state index in [0.29, 0.717) is 36.7 Å². The summed E-state index contributed by atoms with van der Waals surface area (Å²) in [5, 5.41) is 11.8. The molecular formula is C18H33N5O. The van der Waals surface area contributed by atoms with Crippen LogP contribution in [0.25, 0.3) is 0 Å². The van der Waals surface area contributed by atoms with Crippen molar-refractivity contribution >= 4 is 5.71 Å². The molecule has 6 nitrogen and oxygen atoms in total. The molecule has 0 radical (unpaired) electrons. The molecule has 2 saturated carbocycles. The number of nitrogens with one attached hydrogen (secondary N) is 2. The van der Waals surface area contributed by atoms with E-state index in [1.807, 2.05) is 0 Å². The summed E-state index contributed by atoms with van der Waals surface area (Å²) in [4.78, 5) is 8.21. The van der Waals surface area contributed by atoms with Crippen molar-refractivity contribution in [2.75, 3.05) is 19.7 Å². The maximum Gasteiger partial charge on any atom is 0.132 e. The third kappa shape index (κ3) is 2.87. The molecule has 136 valence electrons. The minimum atomic E-state index is 0.227. The van der Waals surface area contributed by atoms with Gasteiger partial charge in [0.15, 0.2) is 0 Å². The van der Waals surface area contributed by atoms with Gasteiger partial charge in [-0.3, -0.25) is 4.90 Å². The zero-order valence-electron chi connectivity index (χ0n) is 15.2. The second kappa shape index (κ2) is 6.56. The van der Waals surface area contributed by atoms with Crippen LogP contribution in [0.4, 0.5) is 0 Å². The second-order valence-electron chi connectivity index (χ2n) is 8.60. The summed E-state index contributed by atoms with van der Waals surface area (Å²) < 4.78 is 0. The van der Waals surface area contributed by atoms with E-state index < -0.39 is 0 Å². The Morgan fingerprint density at radius 2 is 2.17 bits per heavy atom. The molecule has 2 saturated heterocycles. The van der Waals surface area contributed by atoms with Crippen LogP contribution >= 0.6 is 0 Å². The molecule has 24 heavy (non-hydrogen) atoms. The van der Waals surface area contributed by atoms with Crippen LogP contribution in [0, 0.1) is 11.8 Å². The van der Waals surface area contributed by atoms with Gasteiger partial charge in [0, 0.05) is 36.8 Å². The molecule has 4 rings (SSSR count). The molecule has 4 bridgehead atoms. The van der Waals surface area contributed by atoms with E-state index in [4.69, 9.17) is 10.6 Å². The molecule has 0 amide bonds. The SMILES string of the molecule is CC(CO/N=C1\CC2CN(C(C)C)C1C2N)NC1C2CCC1NC2. The summed E-state index contributed by atoms with van der Waals surface area (Å²) >= 11 is 0. The molecule has 7 unspecified atom stereocenters. The highest BCUT2D eigenvalue weighted by Crippen LogP contribution is 2.36. The van der Waals surface area contributed by atoms with Gasteiger partial charge in [-0.15, -0.1) is 0 Å². The smallest absolute Gasteiger partial charge is 0.132 e. The van der Waals surface area contributed by atoms with Crippen molar-refractivity contribution in [1.29, 1.82) is 0 Å². The normalized spacial score (nSPS) is 44.1. The maximum atomic E-state index is 6.38. The van der Waals surface area contributed by atoms with Crippen LogP contribution in [0.2, 0.25) is 0 Å². The van der Waals surface area contributed by atoms with E-state index in [1.165, 1.54) is 19.4 Å². The van der Waals surface area contributed by atoms with Crippen molar-refractivity contribution in [3.63, 3.8) is 0 Å². The van der Waals surface area contributed by atoms with Crippen molar-refractivity contribution in [1.82, 2.24) is 15.5 Å². The van der Waals surface area contributed by atoms with Crippen molar-refractivity contribution in [3.05, 3.63) is 0 Å². The lowest BCUT2D eigenvalue weighted by molar-refractivity contribution is 0.114. The van der Waals surface area contributed by atoms with Crippen LogP contribution in [-0.2, 0) is 4.84 Å². The van der Waals surface area contributed by atoms with Gasteiger partial charge in [-0.2, -0.15) is 0 Å². The average molecular weight is 335 g/mol. The molecular weight excluding hydrogens is 302 g/mol. The summed E-state index contributed by atoms with van der Waals surface area (Å²) in [6.07, 6.45) is 3.68. The molecule has 0 aromatic rings. The first-order valence-corrected chi connectivity index (χ1v) is 9.74. The van der Waals surface area contributed by atoms with Crippen molar-refractivity contribution < 1.29 is 4.84 Å². The van der Waals surface area contributed by atoms with Crippen LogP contribution in [-0.4, -0.2) is 66.6 Å². The highest BCUT2D eigenvalue weighted by molar-refractivity contribution is 5.93. The number of hydrogen-bond acceptors (Lipinski definition) is 6. The Balaban J connectivity index is 1.28. The second-order valence-corrected chi connectivity index (χ2v) is 8.60. The third-order valence-electron chi connectivity index (χ3n) is 6.60. The summed E-state index contributed by atoms with van der Waals surface area (Å²) in [6.45, 7) is 9.59. The molecule has 7 atom stereocenters. The number of oxime groups is 1. The fourth-order valence-electron chi connectivity index (χ4n) is 5.31. The van der Waals surface area contributed by atoms with Crippen LogP contribution < -0.4 is 16.4 Å². The quantitative estimate of drug-likeness (QED) is 0.617. The van der Waals surface area contributed by atoms with E-state index in [-0.39, 0.29) is 12.1 Å². The van der Waals surface area contributed by atoms with E-state index in [1.54, 1.807) is 0 Å². The van der Waals surface area contributed by atoms with Gasteiger partial charge < -0.3 is 21.2 Å². The number of piperidine rings is 2. The minimum absolute atomic E-state index is 0.227. The molecule has 0 spiro atoms. The molecule has 0 aromatic carbocycles.